The van der Waals surface area contributed by atoms with Gasteiger partial charge in [0.2, 0.25) is 5.91 Å². The number of nitrogens with one attached hydrogen (secondary N) is 2. The first-order chi connectivity index (χ1) is 9.93. The molecule has 0 radical (unpaired) electrons. The van der Waals surface area contributed by atoms with Gasteiger partial charge in [0, 0.05) is 19.0 Å². The smallest absolute Gasteiger partial charge is 0.356 e. The molecule has 1 aromatic rings. The lowest BCUT2D eigenvalue weighted by Crippen LogP contribution is -2.47. The van der Waals surface area contributed by atoms with Gasteiger partial charge in [0.15, 0.2) is 0 Å². The van der Waals surface area contributed by atoms with Gasteiger partial charge < -0.3 is 10.6 Å². The van der Waals surface area contributed by atoms with Crippen LogP contribution < -0.4 is 10.6 Å². The van der Waals surface area contributed by atoms with E-state index in [1.165, 1.54) is 12.1 Å². The Bertz CT molecular complexity index is 558. The molecule has 2 atom stereocenters. The Morgan fingerprint density at radius 3 is 2.62 bits per heavy atom. The SMILES string of the molecule is O=C1NCCC12CCNCC2c1cccc(C(F)(F)F)c1. The lowest BCUT2D eigenvalue weighted by Gasteiger charge is -2.40. The minimum Gasteiger partial charge on any atom is -0.356 e. The lowest BCUT2D eigenvalue weighted by atomic mass is 9.66. The normalized spacial score (nSPS) is 29.7. The van der Waals surface area contributed by atoms with Crippen LogP contribution in [0.3, 0.4) is 0 Å². The van der Waals surface area contributed by atoms with Crippen molar-refractivity contribution < 1.29 is 18.0 Å². The van der Waals surface area contributed by atoms with Crippen molar-refractivity contribution in [1.29, 1.82) is 0 Å². The number of carbonyl (C=O) groups excluding carboxylic acids is 1. The Balaban J connectivity index is 2.00. The minimum absolute atomic E-state index is 0.0218. The van der Waals surface area contributed by atoms with Gasteiger partial charge in [-0.3, -0.25) is 4.79 Å². The van der Waals surface area contributed by atoms with Gasteiger partial charge in [0.1, 0.15) is 0 Å². The van der Waals surface area contributed by atoms with Crippen molar-refractivity contribution in [3.8, 4) is 0 Å². The quantitative estimate of drug-likeness (QED) is 0.835. The van der Waals surface area contributed by atoms with Crippen LogP contribution in [0.1, 0.15) is 29.9 Å². The van der Waals surface area contributed by atoms with Crippen molar-refractivity contribution in [2.45, 2.75) is 24.9 Å². The van der Waals surface area contributed by atoms with Gasteiger partial charge >= 0.3 is 6.18 Å². The Morgan fingerprint density at radius 1 is 1.19 bits per heavy atom. The summed E-state index contributed by atoms with van der Waals surface area (Å²) >= 11 is 0. The largest absolute Gasteiger partial charge is 0.416 e. The molecule has 2 saturated heterocycles. The predicted octanol–water partition coefficient (Wildman–Crippen LogP) is 2.29. The molecule has 2 aliphatic rings. The molecule has 2 heterocycles. The van der Waals surface area contributed by atoms with E-state index in [9.17, 15) is 18.0 Å². The Morgan fingerprint density at radius 2 is 1.95 bits per heavy atom. The summed E-state index contributed by atoms with van der Waals surface area (Å²) in [6.45, 7) is 1.87. The van der Waals surface area contributed by atoms with Crippen molar-refractivity contribution in [3.05, 3.63) is 35.4 Å². The Hall–Kier alpha value is -1.56. The van der Waals surface area contributed by atoms with Gasteiger partial charge in [-0.05, 0) is 31.0 Å². The van der Waals surface area contributed by atoms with E-state index < -0.39 is 17.2 Å². The fourth-order valence-corrected chi connectivity index (χ4v) is 3.56. The van der Waals surface area contributed by atoms with Crippen LogP contribution in [0.15, 0.2) is 24.3 Å². The number of halogens is 3. The van der Waals surface area contributed by atoms with E-state index in [-0.39, 0.29) is 11.8 Å². The molecule has 1 aromatic carbocycles. The van der Waals surface area contributed by atoms with Crippen LogP contribution in [0.25, 0.3) is 0 Å². The third-order valence-electron chi connectivity index (χ3n) is 4.69. The number of alkyl halides is 3. The monoisotopic (exact) mass is 298 g/mol. The molecule has 1 amide bonds. The van der Waals surface area contributed by atoms with Crippen LogP contribution >= 0.6 is 0 Å². The van der Waals surface area contributed by atoms with Crippen LogP contribution in [0, 0.1) is 5.41 Å². The lowest BCUT2D eigenvalue weighted by molar-refractivity contribution is -0.137. The molecule has 2 fully saturated rings. The second-order valence-corrected chi connectivity index (χ2v) is 5.79. The fraction of sp³-hybridized carbons (Fsp3) is 0.533. The summed E-state index contributed by atoms with van der Waals surface area (Å²) in [6, 6.07) is 5.37. The predicted molar refractivity (Wildman–Crippen MR) is 71.7 cm³/mol. The molecule has 0 bridgehead atoms. The van der Waals surface area contributed by atoms with E-state index in [0.717, 1.165) is 12.6 Å². The van der Waals surface area contributed by atoms with E-state index >= 15 is 0 Å². The zero-order valence-electron chi connectivity index (χ0n) is 11.5. The maximum Gasteiger partial charge on any atom is 0.416 e. The number of amides is 1. The standard InChI is InChI=1S/C15H17F3N2O/c16-15(17,18)11-3-1-2-10(8-11)12-9-19-6-4-14(12)5-7-20-13(14)21/h1-3,8,12,19H,4-7,9H2,(H,20,21). The number of carbonyl (C=O) groups is 1. The van der Waals surface area contributed by atoms with Crippen molar-refractivity contribution in [2.24, 2.45) is 5.41 Å². The fourth-order valence-electron chi connectivity index (χ4n) is 3.56. The van der Waals surface area contributed by atoms with E-state index in [1.807, 2.05) is 0 Å². The van der Waals surface area contributed by atoms with Crippen molar-refractivity contribution in [1.82, 2.24) is 10.6 Å². The molecular weight excluding hydrogens is 281 g/mol. The first kappa shape index (κ1) is 14.4. The van der Waals surface area contributed by atoms with E-state index in [0.29, 0.717) is 31.5 Å². The number of hydrogen-bond acceptors (Lipinski definition) is 2. The summed E-state index contributed by atoms with van der Waals surface area (Å²) in [5, 5.41) is 6.04. The number of rotatable bonds is 1. The molecule has 3 nitrogen and oxygen atoms in total. The maximum atomic E-state index is 12.9. The maximum absolute atomic E-state index is 12.9. The molecule has 0 saturated carbocycles. The van der Waals surface area contributed by atoms with E-state index in [4.69, 9.17) is 0 Å². The first-order valence-corrected chi connectivity index (χ1v) is 7.10. The van der Waals surface area contributed by atoms with Gasteiger partial charge in [-0.15, -0.1) is 0 Å². The highest BCUT2D eigenvalue weighted by Crippen LogP contribution is 2.46. The van der Waals surface area contributed by atoms with Crippen molar-refractivity contribution in [2.75, 3.05) is 19.6 Å². The van der Waals surface area contributed by atoms with Gasteiger partial charge in [0.25, 0.3) is 0 Å². The summed E-state index contributed by atoms with van der Waals surface area (Å²) in [4.78, 5) is 12.3. The number of hydrogen-bond donors (Lipinski definition) is 2. The molecule has 2 unspecified atom stereocenters. The first-order valence-electron chi connectivity index (χ1n) is 7.10. The highest BCUT2D eigenvalue weighted by atomic mass is 19.4. The number of piperidine rings is 1. The van der Waals surface area contributed by atoms with Crippen LogP contribution in [-0.2, 0) is 11.0 Å². The summed E-state index contributed by atoms with van der Waals surface area (Å²) in [6.07, 6.45) is -3.00. The Labute approximate surface area is 120 Å². The van der Waals surface area contributed by atoms with Gasteiger partial charge in [-0.2, -0.15) is 13.2 Å². The van der Waals surface area contributed by atoms with Crippen molar-refractivity contribution >= 4 is 5.91 Å². The number of benzene rings is 1. The third kappa shape index (κ3) is 2.41. The third-order valence-corrected chi connectivity index (χ3v) is 4.69. The van der Waals surface area contributed by atoms with Gasteiger partial charge in [0.05, 0.1) is 11.0 Å². The molecule has 114 valence electrons. The summed E-state index contributed by atoms with van der Waals surface area (Å²) in [5.74, 6) is -0.234. The van der Waals surface area contributed by atoms with Crippen molar-refractivity contribution in [3.63, 3.8) is 0 Å². The molecule has 0 aliphatic carbocycles. The molecule has 0 aromatic heterocycles. The highest BCUT2D eigenvalue weighted by molar-refractivity contribution is 5.86. The molecule has 3 rings (SSSR count). The van der Waals surface area contributed by atoms with E-state index in [2.05, 4.69) is 10.6 Å². The topological polar surface area (TPSA) is 41.1 Å². The minimum atomic E-state index is -4.36. The second-order valence-electron chi connectivity index (χ2n) is 5.79. The average Bonchev–Trinajstić information content (AvgIpc) is 2.80. The summed E-state index contributed by atoms with van der Waals surface area (Å²) in [5.41, 5.74) is -0.622. The van der Waals surface area contributed by atoms with Crippen LogP contribution in [0.5, 0.6) is 0 Å². The van der Waals surface area contributed by atoms with Crippen LogP contribution in [0.2, 0.25) is 0 Å². The average molecular weight is 298 g/mol. The summed E-state index contributed by atoms with van der Waals surface area (Å²) in [7, 11) is 0. The molecule has 1 spiro atoms. The summed E-state index contributed by atoms with van der Waals surface area (Å²) < 4.78 is 38.7. The highest BCUT2D eigenvalue weighted by Gasteiger charge is 2.50. The second kappa shape index (κ2) is 5.02. The van der Waals surface area contributed by atoms with Gasteiger partial charge in [-0.25, -0.2) is 0 Å². The molecule has 21 heavy (non-hydrogen) atoms. The zero-order valence-corrected chi connectivity index (χ0v) is 11.5. The zero-order chi connectivity index (χ0) is 15.1. The molecule has 6 heteroatoms. The molecular formula is C15H17F3N2O. The van der Waals surface area contributed by atoms with Crippen LogP contribution in [0.4, 0.5) is 13.2 Å². The van der Waals surface area contributed by atoms with E-state index in [1.54, 1.807) is 6.07 Å². The molecule has 2 aliphatic heterocycles. The Kier molecular flexibility index (Phi) is 3.43. The van der Waals surface area contributed by atoms with Gasteiger partial charge in [-0.1, -0.05) is 18.2 Å². The molecule has 2 N–H and O–H groups in total. The van der Waals surface area contributed by atoms with Crippen LogP contribution in [-0.4, -0.2) is 25.5 Å².